The molecule has 0 radical (unpaired) electrons. The first-order chi connectivity index (χ1) is 14.8. The van der Waals surface area contributed by atoms with Crippen molar-refractivity contribution in [3.8, 4) is 11.4 Å². The van der Waals surface area contributed by atoms with E-state index in [1.165, 1.54) is 28.6 Å². The monoisotopic (exact) mass is 421 g/mol. The van der Waals surface area contributed by atoms with Gasteiger partial charge >= 0.3 is 0 Å². The van der Waals surface area contributed by atoms with Crippen LogP contribution in [0, 0.1) is 24.6 Å². The highest BCUT2D eigenvalue weighted by Gasteiger charge is 2.34. The Morgan fingerprint density at radius 3 is 2.55 bits per heavy atom. The van der Waals surface area contributed by atoms with Crippen LogP contribution in [0.25, 0.3) is 5.69 Å². The average Bonchev–Trinajstić information content (AvgIpc) is 3.48. The molecule has 1 heterocycles. The Labute approximate surface area is 181 Å². The normalized spacial score (nSPS) is 14.6. The first kappa shape index (κ1) is 21.1. The summed E-state index contributed by atoms with van der Waals surface area (Å²) in [5.74, 6) is 0.0144. The van der Waals surface area contributed by atoms with Crippen molar-refractivity contribution in [2.45, 2.75) is 46.1 Å². The summed E-state index contributed by atoms with van der Waals surface area (Å²) in [5, 5.41) is 17.7. The molecule has 5 nitrogen and oxygen atoms in total. The van der Waals surface area contributed by atoms with Crippen molar-refractivity contribution in [1.82, 2.24) is 15.1 Å². The molecule has 0 spiro atoms. The van der Waals surface area contributed by atoms with Gasteiger partial charge in [0.15, 0.2) is 11.4 Å². The van der Waals surface area contributed by atoms with Crippen molar-refractivity contribution < 1.29 is 14.3 Å². The fourth-order valence-electron chi connectivity index (χ4n) is 3.97. The number of aromatic hydroxyl groups is 1. The lowest BCUT2D eigenvalue weighted by atomic mass is 9.97. The van der Waals surface area contributed by atoms with Gasteiger partial charge in [0.1, 0.15) is 5.82 Å². The predicted molar refractivity (Wildman–Crippen MR) is 118 cm³/mol. The second-order valence-corrected chi connectivity index (χ2v) is 8.87. The van der Waals surface area contributed by atoms with E-state index < -0.39 is 5.91 Å². The number of nitrogens with one attached hydrogen (secondary N) is 1. The topological polar surface area (TPSA) is 67.2 Å². The van der Waals surface area contributed by atoms with E-state index in [0.29, 0.717) is 23.1 Å². The van der Waals surface area contributed by atoms with Gasteiger partial charge in [0.05, 0.1) is 17.9 Å². The molecule has 1 atom stereocenters. The molecule has 2 aromatic carbocycles. The van der Waals surface area contributed by atoms with Gasteiger partial charge in [-0.15, -0.1) is 0 Å². The summed E-state index contributed by atoms with van der Waals surface area (Å²) >= 11 is 0. The Kier molecular flexibility index (Phi) is 5.81. The zero-order chi connectivity index (χ0) is 22.1. The number of hydrogen-bond donors (Lipinski definition) is 2. The van der Waals surface area contributed by atoms with Crippen LogP contribution in [0.1, 0.15) is 59.9 Å². The molecule has 1 fully saturated rings. The number of carbonyl (C=O) groups is 1. The Hall–Kier alpha value is -3.15. The smallest absolute Gasteiger partial charge is 0.276 e. The number of aryl methyl sites for hydroxylation is 1. The van der Waals surface area contributed by atoms with Crippen LogP contribution in [0.5, 0.6) is 5.75 Å². The predicted octanol–water partition coefficient (Wildman–Crippen LogP) is 5.11. The van der Waals surface area contributed by atoms with Gasteiger partial charge in [0.2, 0.25) is 0 Å². The van der Waals surface area contributed by atoms with Crippen LogP contribution in [0.15, 0.2) is 48.7 Å². The summed E-state index contributed by atoms with van der Waals surface area (Å²) in [6, 6.07) is 12.6. The Balaban J connectivity index is 1.54. The Morgan fingerprint density at radius 2 is 1.94 bits per heavy atom. The van der Waals surface area contributed by atoms with Gasteiger partial charge in [-0.05, 0) is 72.9 Å². The highest BCUT2D eigenvalue weighted by atomic mass is 19.1. The SMILES string of the molecule is Cc1cc(F)ccc1-n1cc(O)c(C(=O)NC(c2ccc(CC(C)C)cc2)C2CC2)n1. The van der Waals surface area contributed by atoms with Crippen molar-refractivity contribution in [3.63, 3.8) is 0 Å². The van der Waals surface area contributed by atoms with Crippen molar-refractivity contribution in [3.05, 3.63) is 76.9 Å². The molecule has 1 amide bonds. The lowest BCUT2D eigenvalue weighted by Crippen LogP contribution is -2.30. The van der Waals surface area contributed by atoms with E-state index in [1.807, 2.05) is 0 Å². The van der Waals surface area contributed by atoms with E-state index >= 15 is 0 Å². The lowest BCUT2D eigenvalue weighted by Gasteiger charge is -2.19. The van der Waals surface area contributed by atoms with Crippen molar-refractivity contribution in [2.24, 2.45) is 11.8 Å². The first-order valence-electron chi connectivity index (χ1n) is 10.8. The fourth-order valence-corrected chi connectivity index (χ4v) is 3.97. The molecule has 4 rings (SSSR count). The molecule has 162 valence electrons. The number of nitrogens with zero attached hydrogens (tertiary/aromatic N) is 2. The lowest BCUT2D eigenvalue weighted by molar-refractivity contribution is 0.0923. The second-order valence-electron chi connectivity index (χ2n) is 8.87. The van der Waals surface area contributed by atoms with E-state index in [1.54, 1.807) is 13.0 Å². The standard InChI is InChI=1S/C25H28FN3O2/c1-15(2)12-17-4-6-18(7-5-17)23(19-8-9-19)27-25(31)24-22(30)14-29(28-24)21-11-10-20(26)13-16(21)3/h4-7,10-11,13-15,19,23,30H,8-9,12H2,1-3H3,(H,27,31). The summed E-state index contributed by atoms with van der Waals surface area (Å²) < 4.78 is 14.8. The van der Waals surface area contributed by atoms with E-state index in [9.17, 15) is 14.3 Å². The van der Waals surface area contributed by atoms with Crippen molar-refractivity contribution in [2.75, 3.05) is 0 Å². The third-order valence-electron chi connectivity index (χ3n) is 5.68. The second kappa shape index (κ2) is 8.53. The van der Waals surface area contributed by atoms with Gasteiger partial charge in [-0.1, -0.05) is 38.1 Å². The molecule has 1 unspecified atom stereocenters. The van der Waals surface area contributed by atoms with Crippen LogP contribution in [-0.4, -0.2) is 20.8 Å². The number of rotatable bonds is 7. The number of hydrogen-bond acceptors (Lipinski definition) is 3. The van der Waals surface area contributed by atoms with Gasteiger partial charge in [-0.25, -0.2) is 9.07 Å². The minimum Gasteiger partial charge on any atom is -0.504 e. The molecule has 0 saturated heterocycles. The highest BCUT2D eigenvalue weighted by Crippen LogP contribution is 2.41. The number of amides is 1. The van der Waals surface area contributed by atoms with Crippen LogP contribution in [0.4, 0.5) is 4.39 Å². The third kappa shape index (κ3) is 4.79. The molecule has 1 aromatic heterocycles. The highest BCUT2D eigenvalue weighted by molar-refractivity contribution is 5.95. The van der Waals surface area contributed by atoms with Crippen molar-refractivity contribution in [1.29, 1.82) is 0 Å². The quantitative estimate of drug-likeness (QED) is 0.557. The minimum absolute atomic E-state index is 0.0363. The van der Waals surface area contributed by atoms with Gasteiger partial charge in [0, 0.05) is 0 Å². The van der Waals surface area contributed by atoms with Crippen LogP contribution in [0.3, 0.4) is 0 Å². The third-order valence-corrected chi connectivity index (χ3v) is 5.68. The molecular formula is C25H28FN3O2. The number of halogens is 1. The summed E-state index contributed by atoms with van der Waals surface area (Å²) in [6.07, 6.45) is 4.53. The maximum absolute atomic E-state index is 13.4. The molecular weight excluding hydrogens is 393 g/mol. The molecule has 6 heteroatoms. The molecule has 31 heavy (non-hydrogen) atoms. The number of benzene rings is 2. The zero-order valence-electron chi connectivity index (χ0n) is 18.1. The molecule has 1 saturated carbocycles. The molecule has 1 aliphatic carbocycles. The fraction of sp³-hybridized carbons (Fsp3) is 0.360. The van der Waals surface area contributed by atoms with Crippen LogP contribution >= 0.6 is 0 Å². The summed E-state index contributed by atoms with van der Waals surface area (Å²) in [6.45, 7) is 6.14. The molecule has 0 aliphatic heterocycles. The number of aromatic nitrogens is 2. The van der Waals surface area contributed by atoms with Crippen LogP contribution in [0.2, 0.25) is 0 Å². The van der Waals surface area contributed by atoms with Crippen LogP contribution in [-0.2, 0) is 6.42 Å². The van der Waals surface area contributed by atoms with Crippen molar-refractivity contribution >= 4 is 5.91 Å². The molecule has 0 bridgehead atoms. The van der Waals surface area contributed by atoms with Gasteiger partial charge in [0.25, 0.3) is 5.91 Å². The van der Waals surface area contributed by atoms with Crippen LogP contribution < -0.4 is 5.32 Å². The summed E-state index contributed by atoms with van der Waals surface area (Å²) in [5.41, 5.74) is 3.58. The average molecular weight is 422 g/mol. The molecule has 1 aliphatic rings. The Morgan fingerprint density at radius 1 is 1.23 bits per heavy atom. The summed E-state index contributed by atoms with van der Waals surface area (Å²) in [7, 11) is 0. The molecule has 2 N–H and O–H groups in total. The van der Waals surface area contributed by atoms with E-state index in [0.717, 1.165) is 24.8 Å². The zero-order valence-corrected chi connectivity index (χ0v) is 18.1. The Bertz CT molecular complexity index is 1080. The maximum atomic E-state index is 13.4. The number of carbonyl (C=O) groups excluding carboxylic acids is 1. The van der Waals surface area contributed by atoms with E-state index in [2.05, 4.69) is 48.5 Å². The minimum atomic E-state index is -0.417. The molecule has 3 aromatic rings. The maximum Gasteiger partial charge on any atom is 0.276 e. The van der Waals surface area contributed by atoms with Gasteiger partial charge < -0.3 is 10.4 Å². The first-order valence-corrected chi connectivity index (χ1v) is 10.8. The van der Waals surface area contributed by atoms with Gasteiger partial charge in [-0.3, -0.25) is 4.79 Å². The van der Waals surface area contributed by atoms with E-state index in [4.69, 9.17) is 0 Å². The van der Waals surface area contributed by atoms with Gasteiger partial charge in [-0.2, -0.15) is 5.10 Å². The summed E-state index contributed by atoms with van der Waals surface area (Å²) in [4.78, 5) is 13.0. The largest absolute Gasteiger partial charge is 0.504 e. The van der Waals surface area contributed by atoms with E-state index in [-0.39, 0.29) is 23.3 Å².